The second-order valence-corrected chi connectivity index (χ2v) is 6.15. The molecule has 0 aromatic carbocycles. The Morgan fingerprint density at radius 1 is 1.38 bits per heavy atom. The molecule has 0 saturated carbocycles. The van der Waals surface area contributed by atoms with E-state index in [1.807, 2.05) is 5.38 Å². The molecule has 0 spiro atoms. The third kappa shape index (κ3) is 3.84. The van der Waals surface area contributed by atoms with Gasteiger partial charge in [0.1, 0.15) is 6.10 Å². The minimum Gasteiger partial charge on any atom is -0.458 e. The maximum absolute atomic E-state index is 12.7. The van der Waals surface area contributed by atoms with Gasteiger partial charge in [0.05, 0.1) is 12.1 Å². The van der Waals surface area contributed by atoms with Gasteiger partial charge in [-0.05, 0) is 30.4 Å². The van der Waals surface area contributed by atoms with Crippen molar-refractivity contribution in [2.24, 2.45) is 0 Å². The molecule has 24 heavy (non-hydrogen) atoms. The summed E-state index contributed by atoms with van der Waals surface area (Å²) >= 11 is 1.43. The minimum atomic E-state index is -4.55. The number of hydrogen-bond acceptors (Lipinski definition) is 5. The third-order valence-electron chi connectivity index (χ3n) is 3.63. The van der Waals surface area contributed by atoms with Crippen LogP contribution in [0.2, 0.25) is 0 Å². The molecule has 3 heterocycles. The average molecular weight is 357 g/mol. The predicted octanol–water partition coefficient (Wildman–Crippen LogP) is 3.24. The van der Waals surface area contributed by atoms with Crippen LogP contribution in [-0.4, -0.2) is 40.0 Å². The number of halogens is 3. The van der Waals surface area contributed by atoms with Crippen LogP contribution in [0.25, 0.3) is 0 Å². The fourth-order valence-corrected chi connectivity index (χ4v) is 3.12. The number of alkyl halides is 3. The number of thiophene rings is 1. The lowest BCUT2D eigenvalue weighted by molar-refractivity contribution is -0.141. The van der Waals surface area contributed by atoms with E-state index in [1.165, 1.54) is 11.3 Å². The Bertz CT molecular complexity index is 706. The second-order valence-electron chi connectivity index (χ2n) is 5.37. The molecule has 1 aliphatic rings. The number of carbonyl (C=O) groups is 1. The first-order valence-corrected chi connectivity index (χ1v) is 8.26. The number of hydrogen-bond donors (Lipinski definition) is 0. The van der Waals surface area contributed by atoms with Crippen molar-refractivity contribution in [2.45, 2.75) is 25.1 Å². The SMILES string of the molecule is O=C(c1ccsc1)N1CCCC(Oc2nccc(C(F)(F)F)n2)C1. The molecule has 1 amide bonds. The fraction of sp³-hybridized carbons (Fsp3) is 0.400. The standard InChI is InChI=1S/C15H14F3N3O2S/c16-15(17,18)12-3-5-19-14(20-12)23-11-2-1-6-21(8-11)13(22)10-4-7-24-9-10/h3-5,7,9,11H,1-2,6,8H2. The molecule has 5 nitrogen and oxygen atoms in total. The molecule has 0 N–H and O–H groups in total. The van der Waals surface area contributed by atoms with Crippen LogP contribution in [0.15, 0.2) is 29.1 Å². The van der Waals surface area contributed by atoms with Crippen molar-refractivity contribution < 1.29 is 22.7 Å². The van der Waals surface area contributed by atoms with Gasteiger partial charge in [0.2, 0.25) is 0 Å². The van der Waals surface area contributed by atoms with Crippen LogP contribution >= 0.6 is 11.3 Å². The summed E-state index contributed by atoms with van der Waals surface area (Å²) in [6.45, 7) is 0.895. The van der Waals surface area contributed by atoms with E-state index in [-0.39, 0.29) is 11.9 Å². The zero-order chi connectivity index (χ0) is 17.2. The maximum atomic E-state index is 12.7. The van der Waals surface area contributed by atoms with Crippen LogP contribution in [0.1, 0.15) is 28.9 Å². The Balaban J connectivity index is 1.67. The molecule has 1 fully saturated rings. The summed E-state index contributed by atoms with van der Waals surface area (Å²) in [6, 6.07) is 2.22. The van der Waals surface area contributed by atoms with Gasteiger partial charge in [0.25, 0.3) is 5.91 Å². The molecule has 0 radical (unpaired) electrons. The highest BCUT2D eigenvalue weighted by molar-refractivity contribution is 7.08. The van der Waals surface area contributed by atoms with Gasteiger partial charge in [-0.1, -0.05) is 0 Å². The second kappa shape index (κ2) is 6.76. The van der Waals surface area contributed by atoms with Gasteiger partial charge in [0.15, 0.2) is 5.69 Å². The van der Waals surface area contributed by atoms with Crippen molar-refractivity contribution in [3.63, 3.8) is 0 Å². The van der Waals surface area contributed by atoms with Crippen molar-refractivity contribution >= 4 is 17.2 Å². The fourth-order valence-electron chi connectivity index (χ4n) is 2.49. The summed E-state index contributed by atoms with van der Waals surface area (Å²) in [5.41, 5.74) is -0.439. The van der Waals surface area contributed by atoms with E-state index in [0.29, 0.717) is 31.5 Å². The summed E-state index contributed by atoms with van der Waals surface area (Å²) in [4.78, 5) is 21.1. The summed E-state index contributed by atoms with van der Waals surface area (Å²) in [5.74, 6) is -0.102. The molecule has 0 bridgehead atoms. The molecule has 2 aromatic heterocycles. The van der Waals surface area contributed by atoms with Crippen LogP contribution in [-0.2, 0) is 6.18 Å². The molecule has 1 saturated heterocycles. The van der Waals surface area contributed by atoms with Crippen molar-refractivity contribution in [1.29, 1.82) is 0 Å². The van der Waals surface area contributed by atoms with Gasteiger partial charge < -0.3 is 9.64 Å². The number of piperidine rings is 1. The number of nitrogens with zero attached hydrogens (tertiary/aromatic N) is 3. The van der Waals surface area contributed by atoms with E-state index >= 15 is 0 Å². The van der Waals surface area contributed by atoms with Gasteiger partial charge in [-0.15, -0.1) is 0 Å². The third-order valence-corrected chi connectivity index (χ3v) is 4.31. The van der Waals surface area contributed by atoms with Crippen LogP contribution in [0.4, 0.5) is 13.2 Å². The Kier molecular flexibility index (Phi) is 4.70. The van der Waals surface area contributed by atoms with E-state index in [2.05, 4.69) is 9.97 Å². The van der Waals surface area contributed by atoms with Crippen molar-refractivity contribution in [3.05, 3.63) is 40.3 Å². The summed E-state index contributed by atoms with van der Waals surface area (Å²) in [5, 5.41) is 3.59. The van der Waals surface area contributed by atoms with Gasteiger partial charge in [-0.3, -0.25) is 4.79 Å². The Hall–Kier alpha value is -2.16. The Morgan fingerprint density at radius 2 is 2.21 bits per heavy atom. The molecule has 1 unspecified atom stereocenters. The highest BCUT2D eigenvalue weighted by Crippen LogP contribution is 2.28. The van der Waals surface area contributed by atoms with Crippen molar-refractivity contribution in [2.75, 3.05) is 13.1 Å². The first kappa shape index (κ1) is 16.7. The van der Waals surface area contributed by atoms with E-state index in [1.54, 1.807) is 16.3 Å². The van der Waals surface area contributed by atoms with Gasteiger partial charge >= 0.3 is 12.2 Å². The molecule has 3 rings (SSSR count). The molecule has 0 aliphatic carbocycles. The largest absolute Gasteiger partial charge is 0.458 e. The van der Waals surface area contributed by atoms with Crippen molar-refractivity contribution in [3.8, 4) is 6.01 Å². The molecule has 1 atom stereocenters. The Labute approximate surface area is 140 Å². The van der Waals surface area contributed by atoms with E-state index in [4.69, 9.17) is 4.74 Å². The summed E-state index contributed by atoms with van der Waals surface area (Å²) < 4.78 is 43.5. The highest BCUT2D eigenvalue weighted by Gasteiger charge is 2.33. The van der Waals surface area contributed by atoms with Crippen molar-refractivity contribution in [1.82, 2.24) is 14.9 Å². The lowest BCUT2D eigenvalue weighted by atomic mass is 10.1. The number of carbonyl (C=O) groups excluding carboxylic acids is 1. The zero-order valence-electron chi connectivity index (χ0n) is 12.5. The van der Waals surface area contributed by atoms with Gasteiger partial charge in [0, 0.05) is 18.1 Å². The first-order chi connectivity index (χ1) is 11.4. The van der Waals surface area contributed by atoms with Gasteiger partial charge in [-0.2, -0.15) is 29.5 Å². The molecule has 1 aliphatic heterocycles. The van der Waals surface area contributed by atoms with Crippen LogP contribution in [0.5, 0.6) is 6.01 Å². The number of ether oxygens (including phenoxy) is 1. The van der Waals surface area contributed by atoms with Gasteiger partial charge in [-0.25, -0.2) is 4.98 Å². The zero-order valence-corrected chi connectivity index (χ0v) is 13.3. The maximum Gasteiger partial charge on any atom is 0.433 e. The molecule has 9 heteroatoms. The number of amides is 1. The quantitative estimate of drug-likeness (QED) is 0.846. The lowest BCUT2D eigenvalue weighted by Crippen LogP contribution is -2.44. The number of likely N-dealkylation sites (tertiary alicyclic amines) is 1. The lowest BCUT2D eigenvalue weighted by Gasteiger charge is -2.32. The normalized spacial score (nSPS) is 18.5. The summed E-state index contributed by atoms with van der Waals surface area (Å²) in [6.07, 6.45) is -2.62. The first-order valence-electron chi connectivity index (χ1n) is 7.32. The van der Waals surface area contributed by atoms with Crippen LogP contribution < -0.4 is 4.74 Å². The van der Waals surface area contributed by atoms with E-state index in [0.717, 1.165) is 12.3 Å². The highest BCUT2D eigenvalue weighted by atomic mass is 32.1. The van der Waals surface area contributed by atoms with E-state index in [9.17, 15) is 18.0 Å². The molecule has 128 valence electrons. The smallest absolute Gasteiger partial charge is 0.433 e. The summed E-state index contributed by atoms with van der Waals surface area (Å²) in [7, 11) is 0. The predicted molar refractivity (Wildman–Crippen MR) is 80.9 cm³/mol. The number of aromatic nitrogens is 2. The molecular weight excluding hydrogens is 343 g/mol. The molecule has 2 aromatic rings. The monoisotopic (exact) mass is 357 g/mol. The average Bonchev–Trinajstić information content (AvgIpc) is 3.08. The Morgan fingerprint density at radius 3 is 2.92 bits per heavy atom. The topological polar surface area (TPSA) is 55.3 Å². The number of rotatable bonds is 3. The minimum absolute atomic E-state index is 0.102. The van der Waals surface area contributed by atoms with Crippen LogP contribution in [0.3, 0.4) is 0 Å². The van der Waals surface area contributed by atoms with E-state index < -0.39 is 18.0 Å². The molecular formula is C15H14F3N3O2S. The van der Waals surface area contributed by atoms with Crippen LogP contribution in [0, 0.1) is 0 Å².